The number of hydrogen-bond donors (Lipinski definition) is 1. The number of nitriles is 1. The maximum atomic E-state index is 9.29. The summed E-state index contributed by atoms with van der Waals surface area (Å²) in [4.78, 5) is 0. The highest BCUT2D eigenvalue weighted by atomic mass is 35.5. The molecule has 0 aliphatic carbocycles. The fraction of sp³-hybridized carbons (Fsp3) is 0.235. The van der Waals surface area contributed by atoms with E-state index in [4.69, 9.17) is 11.6 Å². The molecule has 0 aromatic heterocycles. The van der Waals surface area contributed by atoms with E-state index in [0.29, 0.717) is 6.54 Å². The molecule has 2 rings (SSSR count). The Labute approximate surface area is 125 Å². The van der Waals surface area contributed by atoms with Gasteiger partial charge >= 0.3 is 0 Å². The fourth-order valence-corrected chi connectivity index (χ4v) is 2.21. The molecule has 2 aromatic rings. The van der Waals surface area contributed by atoms with Crippen LogP contribution in [0, 0.1) is 11.3 Å². The van der Waals surface area contributed by atoms with Crippen LogP contribution in [0.25, 0.3) is 0 Å². The van der Waals surface area contributed by atoms with Crippen molar-refractivity contribution in [1.29, 1.82) is 5.26 Å². The Bertz CT molecular complexity index is 572. The molecular formula is C17H17ClN2. The Morgan fingerprint density at radius 2 is 1.70 bits per heavy atom. The van der Waals surface area contributed by atoms with Crippen LogP contribution >= 0.6 is 11.6 Å². The first-order chi connectivity index (χ1) is 9.70. The van der Waals surface area contributed by atoms with Gasteiger partial charge < -0.3 is 5.32 Å². The molecule has 3 heteroatoms. The fourth-order valence-electron chi connectivity index (χ4n) is 2.09. The zero-order chi connectivity index (χ0) is 14.4. The predicted octanol–water partition coefficient (Wildman–Crippen LogP) is 4.30. The van der Waals surface area contributed by atoms with Gasteiger partial charge in [-0.15, -0.1) is 0 Å². The van der Waals surface area contributed by atoms with E-state index in [9.17, 15) is 5.26 Å². The summed E-state index contributed by atoms with van der Waals surface area (Å²) < 4.78 is 0. The van der Waals surface area contributed by atoms with E-state index in [1.807, 2.05) is 54.6 Å². The van der Waals surface area contributed by atoms with Crippen molar-refractivity contribution in [3.05, 3.63) is 70.7 Å². The monoisotopic (exact) mass is 284 g/mol. The summed E-state index contributed by atoms with van der Waals surface area (Å²) in [6, 6.07) is 20.2. The first kappa shape index (κ1) is 14.6. The van der Waals surface area contributed by atoms with Crippen LogP contribution in [-0.4, -0.2) is 6.54 Å². The minimum absolute atomic E-state index is 0.133. The Morgan fingerprint density at radius 1 is 1.05 bits per heavy atom. The molecule has 0 amide bonds. The van der Waals surface area contributed by atoms with Gasteiger partial charge in [0, 0.05) is 17.6 Å². The van der Waals surface area contributed by atoms with E-state index in [2.05, 4.69) is 18.3 Å². The maximum Gasteiger partial charge on any atom is 0.0837 e. The molecule has 0 aliphatic rings. The predicted molar refractivity (Wildman–Crippen MR) is 82.7 cm³/mol. The average Bonchev–Trinajstić information content (AvgIpc) is 2.49. The van der Waals surface area contributed by atoms with E-state index in [1.165, 1.54) is 5.56 Å². The van der Waals surface area contributed by atoms with Crippen LogP contribution in [-0.2, 0) is 0 Å². The molecule has 0 saturated carbocycles. The molecule has 2 aromatic carbocycles. The summed E-state index contributed by atoms with van der Waals surface area (Å²) in [5, 5.41) is 13.4. The summed E-state index contributed by atoms with van der Waals surface area (Å²) in [5.74, 6) is -0.133. The van der Waals surface area contributed by atoms with Gasteiger partial charge in [0.05, 0.1) is 12.0 Å². The second-order valence-corrected chi connectivity index (χ2v) is 5.21. The van der Waals surface area contributed by atoms with Crippen molar-refractivity contribution >= 4 is 11.6 Å². The molecule has 0 aliphatic heterocycles. The summed E-state index contributed by atoms with van der Waals surface area (Å²) >= 11 is 5.88. The molecule has 0 radical (unpaired) electrons. The Balaban J connectivity index is 1.97. The number of nitrogens with zero attached hydrogens (tertiary/aromatic N) is 1. The van der Waals surface area contributed by atoms with Crippen molar-refractivity contribution in [3.63, 3.8) is 0 Å². The topological polar surface area (TPSA) is 35.8 Å². The number of hydrogen-bond acceptors (Lipinski definition) is 2. The van der Waals surface area contributed by atoms with Gasteiger partial charge in [-0.3, -0.25) is 0 Å². The van der Waals surface area contributed by atoms with Crippen molar-refractivity contribution in [2.24, 2.45) is 0 Å². The van der Waals surface area contributed by atoms with Gasteiger partial charge in [0.2, 0.25) is 0 Å². The van der Waals surface area contributed by atoms with Crippen LogP contribution in [0.5, 0.6) is 0 Å². The lowest BCUT2D eigenvalue weighted by Crippen LogP contribution is -2.24. The third-order valence-electron chi connectivity index (χ3n) is 3.36. The van der Waals surface area contributed by atoms with Gasteiger partial charge in [-0.05, 0) is 30.2 Å². The molecule has 0 spiro atoms. The molecule has 2 nitrogen and oxygen atoms in total. The molecule has 0 saturated heterocycles. The standard InChI is InChI=1S/C17H17ClN2/c1-13(14-7-9-17(18)10-8-14)20-12-16(11-19)15-5-3-2-4-6-15/h2-10,13,16,20H,12H2,1H3/t13-,16?/m1/s1. The smallest absolute Gasteiger partial charge is 0.0837 e. The molecule has 1 unspecified atom stereocenters. The molecule has 0 heterocycles. The first-order valence-corrected chi connectivity index (χ1v) is 7.02. The Hall–Kier alpha value is -1.82. The lowest BCUT2D eigenvalue weighted by atomic mass is 10.00. The van der Waals surface area contributed by atoms with Gasteiger partial charge in [-0.25, -0.2) is 0 Å². The second-order valence-electron chi connectivity index (χ2n) is 4.77. The van der Waals surface area contributed by atoms with Crippen molar-refractivity contribution in [1.82, 2.24) is 5.32 Å². The highest BCUT2D eigenvalue weighted by molar-refractivity contribution is 6.30. The summed E-state index contributed by atoms with van der Waals surface area (Å²) in [6.45, 7) is 2.72. The highest BCUT2D eigenvalue weighted by Crippen LogP contribution is 2.18. The van der Waals surface area contributed by atoms with Crippen LogP contribution in [0.3, 0.4) is 0 Å². The summed E-state index contributed by atoms with van der Waals surface area (Å²) in [5.41, 5.74) is 2.21. The largest absolute Gasteiger partial charge is 0.309 e. The van der Waals surface area contributed by atoms with E-state index >= 15 is 0 Å². The van der Waals surface area contributed by atoms with E-state index in [1.54, 1.807) is 0 Å². The normalized spacial score (nSPS) is 13.4. The van der Waals surface area contributed by atoms with Crippen LogP contribution in [0.4, 0.5) is 0 Å². The molecule has 1 N–H and O–H groups in total. The van der Waals surface area contributed by atoms with Gasteiger partial charge in [0.25, 0.3) is 0 Å². The van der Waals surface area contributed by atoms with Crippen molar-refractivity contribution < 1.29 is 0 Å². The number of halogens is 1. The number of benzene rings is 2. The van der Waals surface area contributed by atoms with Gasteiger partial charge in [0.1, 0.15) is 0 Å². The lowest BCUT2D eigenvalue weighted by Gasteiger charge is -2.17. The summed E-state index contributed by atoms with van der Waals surface area (Å²) in [6.07, 6.45) is 0. The highest BCUT2D eigenvalue weighted by Gasteiger charge is 2.12. The average molecular weight is 285 g/mol. The second kappa shape index (κ2) is 7.09. The number of rotatable bonds is 5. The molecule has 2 atom stereocenters. The van der Waals surface area contributed by atoms with Crippen LogP contribution < -0.4 is 5.32 Å². The minimum atomic E-state index is -0.133. The molecule has 0 bridgehead atoms. The van der Waals surface area contributed by atoms with Crippen molar-refractivity contribution in [3.8, 4) is 6.07 Å². The first-order valence-electron chi connectivity index (χ1n) is 6.64. The SMILES string of the molecule is C[C@@H](NCC(C#N)c1ccccc1)c1ccc(Cl)cc1. The van der Waals surface area contributed by atoms with E-state index in [-0.39, 0.29) is 12.0 Å². The zero-order valence-electron chi connectivity index (χ0n) is 11.4. The van der Waals surface area contributed by atoms with Crippen LogP contribution in [0.2, 0.25) is 5.02 Å². The minimum Gasteiger partial charge on any atom is -0.309 e. The quantitative estimate of drug-likeness (QED) is 0.889. The third-order valence-corrected chi connectivity index (χ3v) is 3.61. The number of nitrogens with one attached hydrogen (secondary N) is 1. The molecule has 102 valence electrons. The zero-order valence-corrected chi connectivity index (χ0v) is 12.1. The third kappa shape index (κ3) is 3.84. The van der Waals surface area contributed by atoms with Gasteiger partial charge in [0.15, 0.2) is 0 Å². The maximum absolute atomic E-state index is 9.29. The Morgan fingerprint density at radius 3 is 2.30 bits per heavy atom. The van der Waals surface area contributed by atoms with Crippen LogP contribution in [0.1, 0.15) is 30.0 Å². The van der Waals surface area contributed by atoms with E-state index in [0.717, 1.165) is 10.6 Å². The molecular weight excluding hydrogens is 268 g/mol. The van der Waals surface area contributed by atoms with Crippen molar-refractivity contribution in [2.45, 2.75) is 18.9 Å². The Kier molecular flexibility index (Phi) is 5.17. The van der Waals surface area contributed by atoms with Gasteiger partial charge in [-0.2, -0.15) is 5.26 Å². The van der Waals surface area contributed by atoms with Crippen LogP contribution in [0.15, 0.2) is 54.6 Å². The molecule has 0 fully saturated rings. The van der Waals surface area contributed by atoms with Gasteiger partial charge in [-0.1, -0.05) is 54.1 Å². The van der Waals surface area contributed by atoms with Crippen molar-refractivity contribution in [2.75, 3.05) is 6.54 Å². The van der Waals surface area contributed by atoms with E-state index < -0.39 is 0 Å². The summed E-state index contributed by atoms with van der Waals surface area (Å²) in [7, 11) is 0. The lowest BCUT2D eigenvalue weighted by molar-refractivity contribution is 0.558. The molecule has 20 heavy (non-hydrogen) atoms.